The Morgan fingerprint density at radius 2 is 1.79 bits per heavy atom. The summed E-state index contributed by atoms with van der Waals surface area (Å²) in [5.41, 5.74) is 1.11. The van der Waals surface area contributed by atoms with Crippen LogP contribution in [0.1, 0.15) is 46.1 Å². The quantitative estimate of drug-likeness (QED) is 0.328. The minimum atomic E-state index is -0.0851. The number of nitrogens with one attached hydrogen (secondary N) is 2. The Hall–Kier alpha value is -1.22. The van der Waals surface area contributed by atoms with Crippen molar-refractivity contribution in [2.45, 2.75) is 58.0 Å². The standard InChI is InChI=1S/C22H38N4O2.HI/c1-16(2)26-12-10-18(11-13-26)25-21(23-5)24-15-22(3,4)17-8-9-19(27-6)20(14-17)28-7;/h8-9,14,16,18H,10-13,15H2,1-7H3,(H2,23,24,25);1H. The first-order chi connectivity index (χ1) is 13.3. The highest BCUT2D eigenvalue weighted by molar-refractivity contribution is 14.0. The zero-order valence-electron chi connectivity index (χ0n) is 19.0. The van der Waals surface area contributed by atoms with Gasteiger partial charge in [0.1, 0.15) is 0 Å². The van der Waals surface area contributed by atoms with E-state index in [2.05, 4.69) is 60.4 Å². The Kier molecular flexibility index (Phi) is 10.5. The number of hydrogen-bond donors (Lipinski definition) is 2. The number of rotatable bonds is 7. The van der Waals surface area contributed by atoms with E-state index in [0.717, 1.165) is 49.9 Å². The summed E-state index contributed by atoms with van der Waals surface area (Å²) in [6, 6.07) is 7.22. The average Bonchev–Trinajstić information content (AvgIpc) is 2.70. The van der Waals surface area contributed by atoms with Crippen LogP contribution in [0.2, 0.25) is 0 Å². The number of guanidine groups is 1. The van der Waals surface area contributed by atoms with Crippen molar-refractivity contribution in [1.29, 1.82) is 0 Å². The van der Waals surface area contributed by atoms with E-state index in [1.54, 1.807) is 14.2 Å². The van der Waals surface area contributed by atoms with Crippen molar-refractivity contribution >= 4 is 29.9 Å². The van der Waals surface area contributed by atoms with Gasteiger partial charge in [0.15, 0.2) is 17.5 Å². The molecule has 1 aromatic carbocycles. The van der Waals surface area contributed by atoms with Crippen LogP contribution in [0.4, 0.5) is 0 Å². The van der Waals surface area contributed by atoms with Gasteiger partial charge in [0.05, 0.1) is 14.2 Å². The molecule has 0 saturated carbocycles. The lowest BCUT2D eigenvalue weighted by atomic mass is 9.84. The fourth-order valence-corrected chi connectivity index (χ4v) is 3.61. The molecule has 7 heteroatoms. The van der Waals surface area contributed by atoms with Crippen LogP contribution in [0, 0.1) is 0 Å². The highest BCUT2D eigenvalue weighted by Crippen LogP contribution is 2.32. The summed E-state index contributed by atoms with van der Waals surface area (Å²) in [6.07, 6.45) is 2.30. The second-order valence-electron chi connectivity index (χ2n) is 8.43. The van der Waals surface area contributed by atoms with E-state index < -0.39 is 0 Å². The molecule has 0 spiro atoms. The van der Waals surface area contributed by atoms with E-state index in [-0.39, 0.29) is 29.4 Å². The lowest BCUT2D eigenvalue weighted by molar-refractivity contribution is 0.167. The number of likely N-dealkylation sites (tertiary alicyclic amines) is 1. The molecule has 6 nitrogen and oxygen atoms in total. The van der Waals surface area contributed by atoms with E-state index in [1.165, 1.54) is 5.56 Å². The maximum Gasteiger partial charge on any atom is 0.191 e. The lowest BCUT2D eigenvalue weighted by Crippen LogP contribution is -2.51. The molecule has 29 heavy (non-hydrogen) atoms. The smallest absolute Gasteiger partial charge is 0.191 e. The lowest BCUT2D eigenvalue weighted by Gasteiger charge is -2.35. The number of piperidine rings is 1. The van der Waals surface area contributed by atoms with Gasteiger partial charge in [-0.15, -0.1) is 24.0 Å². The number of benzene rings is 1. The Balaban J connectivity index is 0.00000420. The minimum absolute atomic E-state index is 0. The maximum absolute atomic E-state index is 5.46. The van der Waals surface area contributed by atoms with Gasteiger partial charge in [-0.2, -0.15) is 0 Å². The second-order valence-corrected chi connectivity index (χ2v) is 8.43. The Morgan fingerprint density at radius 1 is 1.17 bits per heavy atom. The third kappa shape index (κ3) is 7.20. The predicted molar refractivity (Wildman–Crippen MR) is 132 cm³/mol. The van der Waals surface area contributed by atoms with Gasteiger partial charge in [-0.05, 0) is 44.4 Å². The topological polar surface area (TPSA) is 58.1 Å². The summed E-state index contributed by atoms with van der Waals surface area (Å²) in [5, 5.41) is 7.11. The average molecular weight is 518 g/mol. The number of nitrogens with zero attached hydrogens (tertiary/aromatic N) is 2. The minimum Gasteiger partial charge on any atom is -0.493 e. The van der Waals surface area contributed by atoms with Crippen molar-refractivity contribution in [3.05, 3.63) is 23.8 Å². The van der Waals surface area contributed by atoms with Crippen LogP contribution < -0.4 is 20.1 Å². The van der Waals surface area contributed by atoms with E-state index in [4.69, 9.17) is 9.47 Å². The summed E-state index contributed by atoms with van der Waals surface area (Å²) in [4.78, 5) is 6.97. The fraction of sp³-hybridized carbons (Fsp3) is 0.682. The van der Waals surface area contributed by atoms with Crippen LogP contribution in [0.5, 0.6) is 11.5 Å². The SMILES string of the molecule is CN=C(NCC(C)(C)c1ccc(OC)c(OC)c1)NC1CCN(C(C)C)CC1.I. The Morgan fingerprint density at radius 3 is 2.31 bits per heavy atom. The van der Waals surface area contributed by atoms with Crippen LogP contribution in [0.25, 0.3) is 0 Å². The summed E-state index contributed by atoms with van der Waals surface area (Å²) in [6.45, 7) is 12.0. The van der Waals surface area contributed by atoms with Gasteiger partial charge < -0.3 is 25.0 Å². The van der Waals surface area contributed by atoms with Gasteiger partial charge in [-0.1, -0.05) is 19.9 Å². The summed E-state index contributed by atoms with van der Waals surface area (Å²) in [5.74, 6) is 2.38. The largest absolute Gasteiger partial charge is 0.493 e. The normalized spacial score (nSPS) is 16.3. The molecular formula is C22H39IN4O2. The molecule has 1 fully saturated rings. The van der Waals surface area contributed by atoms with Crippen molar-refractivity contribution in [3.63, 3.8) is 0 Å². The molecule has 1 saturated heterocycles. The van der Waals surface area contributed by atoms with Gasteiger partial charge in [0.2, 0.25) is 0 Å². The van der Waals surface area contributed by atoms with E-state index in [9.17, 15) is 0 Å². The highest BCUT2D eigenvalue weighted by atomic mass is 127. The highest BCUT2D eigenvalue weighted by Gasteiger charge is 2.24. The van der Waals surface area contributed by atoms with Crippen molar-refractivity contribution in [1.82, 2.24) is 15.5 Å². The van der Waals surface area contributed by atoms with Crippen molar-refractivity contribution in [3.8, 4) is 11.5 Å². The van der Waals surface area contributed by atoms with E-state index in [1.807, 2.05) is 13.1 Å². The molecule has 0 unspecified atom stereocenters. The van der Waals surface area contributed by atoms with Gasteiger partial charge in [0, 0.05) is 44.2 Å². The first-order valence-corrected chi connectivity index (χ1v) is 10.2. The number of hydrogen-bond acceptors (Lipinski definition) is 4. The molecule has 0 aliphatic carbocycles. The molecule has 1 aliphatic heterocycles. The summed E-state index contributed by atoms with van der Waals surface area (Å²) >= 11 is 0. The van der Waals surface area contributed by atoms with Gasteiger partial charge in [0.25, 0.3) is 0 Å². The molecule has 166 valence electrons. The molecule has 2 N–H and O–H groups in total. The van der Waals surface area contributed by atoms with Crippen molar-refractivity contribution in [2.24, 2.45) is 4.99 Å². The predicted octanol–water partition coefficient (Wildman–Crippen LogP) is 3.64. The molecule has 2 rings (SSSR count). The Bertz CT molecular complexity index is 656. The van der Waals surface area contributed by atoms with Crippen molar-refractivity contribution < 1.29 is 9.47 Å². The third-order valence-corrected chi connectivity index (χ3v) is 5.69. The molecule has 1 aromatic rings. The van der Waals surface area contributed by atoms with Gasteiger partial charge in [-0.25, -0.2) is 0 Å². The van der Waals surface area contributed by atoms with E-state index in [0.29, 0.717) is 12.1 Å². The van der Waals surface area contributed by atoms with Crippen molar-refractivity contribution in [2.75, 3.05) is 40.9 Å². The molecule has 0 bridgehead atoms. The van der Waals surface area contributed by atoms with Crippen LogP contribution in [-0.4, -0.2) is 63.8 Å². The summed E-state index contributed by atoms with van der Waals surface area (Å²) in [7, 11) is 5.16. The number of aliphatic imine (C=N–C) groups is 1. The van der Waals surface area contributed by atoms with Gasteiger partial charge >= 0.3 is 0 Å². The van der Waals surface area contributed by atoms with Crippen LogP contribution >= 0.6 is 24.0 Å². The second kappa shape index (κ2) is 11.8. The van der Waals surface area contributed by atoms with Gasteiger partial charge in [-0.3, -0.25) is 4.99 Å². The van der Waals surface area contributed by atoms with Crippen LogP contribution in [0.15, 0.2) is 23.2 Å². The first kappa shape index (κ1) is 25.8. The molecule has 1 aliphatic rings. The zero-order chi connectivity index (χ0) is 20.7. The fourth-order valence-electron chi connectivity index (χ4n) is 3.61. The molecular weight excluding hydrogens is 479 g/mol. The monoisotopic (exact) mass is 518 g/mol. The molecule has 0 aromatic heterocycles. The molecule has 1 heterocycles. The van der Waals surface area contributed by atoms with Crippen LogP contribution in [-0.2, 0) is 5.41 Å². The first-order valence-electron chi connectivity index (χ1n) is 10.2. The molecule has 0 amide bonds. The Labute approximate surface area is 193 Å². The number of halogens is 1. The van der Waals surface area contributed by atoms with Crippen LogP contribution in [0.3, 0.4) is 0 Å². The number of methoxy groups -OCH3 is 2. The third-order valence-electron chi connectivity index (χ3n) is 5.69. The maximum atomic E-state index is 5.46. The summed E-state index contributed by atoms with van der Waals surface area (Å²) < 4.78 is 10.8. The molecule has 0 atom stereocenters. The molecule has 0 radical (unpaired) electrons. The zero-order valence-corrected chi connectivity index (χ0v) is 21.4. The number of ether oxygens (including phenoxy) is 2. The van der Waals surface area contributed by atoms with E-state index >= 15 is 0 Å².